The summed E-state index contributed by atoms with van der Waals surface area (Å²) in [6, 6.07) is 14.1. The fourth-order valence-electron chi connectivity index (χ4n) is 5.51. The summed E-state index contributed by atoms with van der Waals surface area (Å²) in [5.74, 6) is -1.15. The minimum absolute atomic E-state index is 0.142. The Hall–Kier alpha value is -3.49. The lowest BCUT2D eigenvalue weighted by molar-refractivity contribution is -0.0177. The number of hydrogen-bond donors (Lipinski definition) is 3. The molecule has 1 aliphatic rings. The van der Waals surface area contributed by atoms with Crippen LogP contribution in [0, 0.1) is 5.92 Å². The first-order valence-corrected chi connectivity index (χ1v) is 18.2. The van der Waals surface area contributed by atoms with E-state index >= 15 is 0 Å². The second-order valence-corrected chi connectivity index (χ2v) is 15.1. The number of carboxylic acid groups (broad SMARTS) is 1. The SMILES string of the molecule is C[C@H]1CCCCO[C@H](CN(C)Cc2ccc(C(=O)O)cc2)[C@@H](C)CN([C@@H](C)CO)C(=O)c2cc(NS(=O)(=O)c3cccs3)ccc2O1. The number of sulfonamides is 1. The van der Waals surface area contributed by atoms with Gasteiger partial charge in [0.2, 0.25) is 0 Å². The molecule has 1 aliphatic heterocycles. The average molecular weight is 688 g/mol. The molecule has 1 amide bonds. The monoisotopic (exact) mass is 687 g/mol. The zero-order valence-corrected chi connectivity index (χ0v) is 28.9. The number of benzene rings is 2. The first-order valence-electron chi connectivity index (χ1n) is 15.8. The molecule has 0 fully saturated rings. The topological polar surface area (TPSA) is 146 Å². The first kappa shape index (κ1) is 36.3. The number of carbonyl (C=O) groups excluding carboxylic acids is 1. The van der Waals surface area contributed by atoms with E-state index < -0.39 is 22.0 Å². The van der Waals surface area contributed by atoms with Gasteiger partial charge >= 0.3 is 5.97 Å². The van der Waals surface area contributed by atoms with Gasteiger partial charge in [0.15, 0.2) is 0 Å². The molecular formula is C34H45N3O8S2. The van der Waals surface area contributed by atoms with Crippen LogP contribution in [0.15, 0.2) is 64.2 Å². The number of amides is 1. The number of nitrogens with one attached hydrogen (secondary N) is 1. The number of anilines is 1. The van der Waals surface area contributed by atoms with Crippen molar-refractivity contribution >= 4 is 38.9 Å². The Morgan fingerprint density at radius 1 is 1.15 bits per heavy atom. The maximum absolute atomic E-state index is 14.3. The van der Waals surface area contributed by atoms with Crippen molar-refractivity contribution in [3.63, 3.8) is 0 Å². The minimum Gasteiger partial charge on any atom is -0.490 e. The summed E-state index contributed by atoms with van der Waals surface area (Å²) in [6.45, 7) is 7.39. The predicted octanol–water partition coefficient (Wildman–Crippen LogP) is 5.17. The van der Waals surface area contributed by atoms with E-state index in [9.17, 15) is 28.2 Å². The summed E-state index contributed by atoms with van der Waals surface area (Å²) in [7, 11) is -1.88. The molecular weight excluding hydrogens is 643 g/mol. The number of likely N-dealkylation sites (N-methyl/N-ethyl adjacent to an activating group) is 1. The molecule has 2 aromatic carbocycles. The normalized spacial score (nSPS) is 20.6. The number of nitrogens with zero attached hydrogens (tertiary/aromatic N) is 2. The molecule has 0 spiro atoms. The Kier molecular flexibility index (Phi) is 12.8. The standard InChI is InChI=1S/C34H45N3O8S2/c1-23-19-37(24(2)22-38)33(39)29-18-28(35-47(42,43)32-9-7-17-46-32)14-15-30(29)45-25(3)8-5-6-16-44-31(23)21-36(4)20-26-10-12-27(13-11-26)34(40)41/h7,9-15,17-18,23-25,31,35,38H,5-6,8,16,19-22H2,1-4H3,(H,40,41)/t23-,24-,25-,31+/m0/s1. The van der Waals surface area contributed by atoms with E-state index in [4.69, 9.17) is 9.47 Å². The van der Waals surface area contributed by atoms with Crippen molar-refractivity contribution < 1.29 is 37.7 Å². The van der Waals surface area contributed by atoms with Gasteiger partial charge in [-0.1, -0.05) is 25.1 Å². The molecule has 0 saturated carbocycles. The number of carbonyl (C=O) groups is 2. The highest BCUT2D eigenvalue weighted by atomic mass is 32.2. The average Bonchev–Trinajstić information content (AvgIpc) is 3.59. The van der Waals surface area contributed by atoms with Gasteiger partial charge in [-0.3, -0.25) is 14.4 Å². The van der Waals surface area contributed by atoms with Gasteiger partial charge in [-0.2, -0.15) is 0 Å². The van der Waals surface area contributed by atoms with Crippen molar-refractivity contribution in [2.75, 3.05) is 38.1 Å². The molecule has 0 aliphatic carbocycles. The highest BCUT2D eigenvalue weighted by Crippen LogP contribution is 2.30. The maximum Gasteiger partial charge on any atom is 0.335 e. The molecule has 3 aromatic rings. The minimum atomic E-state index is -3.85. The molecule has 1 aromatic heterocycles. The van der Waals surface area contributed by atoms with Crippen molar-refractivity contribution in [3.8, 4) is 5.75 Å². The second-order valence-electron chi connectivity index (χ2n) is 12.2. The number of aliphatic hydroxyl groups is 1. The third-order valence-electron chi connectivity index (χ3n) is 8.21. The van der Waals surface area contributed by atoms with Crippen molar-refractivity contribution in [2.45, 2.75) is 69.0 Å². The molecule has 0 bridgehead atoms. The van der Waals surface area contributed by atoms with Crippen LogP contribution < -0.4 is 9.46 Å². The van der Waals surface area contributed by atoms with Crippen LogP contribution in [0.2, 0.25) is 0 Å². The number of thiophene rings is 1. The fourth-order valence-corrected chi connectivity index (χ4v) is 7.55. The highest BCUT2D eigenvalue weighted by molar-refractivity contribution is 7.94. The molecule has 2 heterocycles. The molecule has 0 saturated heterocycles. The molecule has 11 nitrogen and oxygen atoms in total. The molecule has 47 heavy (non-hydrogen) atoms. The molecule has 4 atom stereocenters. The lowest BCUT2D eigenvalue weighted by atomic mass is 10.0. The van der Waals surface area contributed by atoms with Crippen molar-refractivity contribution in [1.82, 2.24) is 9.80 Å². The van der Waals surface area contributed by atoms with Crippen LogP contribution in [-0.2, 0) is 21.3 Å². The molecule has 0 radical (unpaired) electrons. The van der Waals surface area contributed by atoms with Gasteiger partial charge in [0.05, 0.1) is 36.0 Å². The predicted molar refractivity (Wildman–Crippen MR) is 182 cm³/mol. The summed E-state index contributed by atoms with van der Waals surface area (Å²) in [5.41, 5.74) is 1.63. The Morgan fingerprint density at radius 2 is 1.89 bits per heavy atom. The van der Waals surface area contributed by atoms with Crippen LogP contribution in [0.4, 0.5) is 5.69 Å². The Labute approximate surface area is 281 Å². The summed E-state index contributed by atoms with van der Waals surface area (Å²) in [5, 5.41) is 21.1. The lowest BCUT2D eigenvalue weighted by Gasteiger charge is -2.36. The van der Waals surface area contributed by atoms with Gasteiger partial charge in [-0.05, 0) is 87.5 Å². The number of hydrogen-bond acceptors (Lipinski definition) is 9. The number of aliphatic hydroxyl groups excluding tert-OH is 1. The van der Waals surface area contributed by atoms with E-state index in [1.165, 1.54) is 12.1 Å². The van der Waals surface area contributed by atoms with Gasteiger partial charge in [0.25, 0.3) is 15.9 Å². The van der Waals surface area contributed by atoms with Crippen LogP contribution in [0.25, 0.3) is 0 Å². The Bertz CT molecular complexity index is 1580. The Balaban J connectivity index is 1.61. The van der Waals surface area contributed by atoms with E-state index in [0.29, 0.717) is 25.4 Å². The number of aromatic carboxylic acids is 1. The smallest absolute Gasteiger partial charge is 0.335 e. The van der Waals surface area contributed by atoms with Crippen LogP contribution in [0.3, 0.4) is 0 Å². The zero-order chi connectivity index (χ0) is 34.1. The van der Waals surface area contributed by atoms with Gasteiger partial charge in [0, 0.05) is 37.8 Å². The van der Waals surface area contributed by atoms with Crippen molar-refractivity contribution in [1.29, 1.82) is 0 Å². The summed E-state index contributed by atoms with van der Waals surface area (Å²) < 4.78 is 41.4. The Morgan fingerprint density at radius 3 is 2.55 bits per heavy atom. The van der Waals surface area contributed by atoms with E-state index in [1.54, 1.807) is 59.7 Å². The van der Waals surface area contributed by atoms with Gasteiger partial charge in [-0.25, -0.2) is 13.2 Å². The molecule has 4 rings (SSSR count). The van der Waals surface area contributed by atoms with E-state index in [2.05, 4.69) is 9.62 Å². The summed E-state index contributed by atoms with van der Waals surface area (Å²) in [4.78, 5) is 29.3. The van der Waals surface area contributed by atoms with Crippen LogP contribution >= 0.6 is 11.3 Å². The fraction of sp³-hybridized carbons (Fsp3) is 0.471. The first-order chi connectivity index (χ1) is 22.4. The number of fused-ring (bicyclic) bond motifs is 1. The number of ether oxygens (including phenoxy) is 2. The number of rotatable bonds is 10. The van der Waals surface area contributed by atoms with Gasteiger partial charge in [-0.15, -0.1) is 11.3 Å². The molecule has 256 valence electrons. The van der Waals surface area contributed by atoms with Gasteiger partial charge < -0.3 is 24.6 Å². The third kappa shape index (κ3) is 10.0. The summed E-state index contributed by atoms with van der Waals surface area (Å²) >= 11 is 1.10. The van der Waals surface area contributed by atoms with Crippen molar-refractivity contribution in [2.24, 2.45) is 5.92 Å². The highest BCUT2D eigenvalue weighted by Gasteiger charge is 2.31. The van der Waals surface area contributed by atoms with Crippen molar-refractivity contribution in [3.05, 3.63) is 76.7 Å². The van der Waals surface area contributed by atoms with Crippen LogP contribution in [0.1, 0.15) is 66.3 Å². The summed E-state index contributed by atoms with van der Waals surface area (Å²) in [6.07, 6.45) is 1.94. The quantitative estimate of drug-likeness (QED) is 0.263. The number of carboxylic acids is 1. The second kappa shape index (κ2) is 16.6. The molecule has 0 unspecified atom stereocenters. The van der Waals surface area contributed by atoms with Gasteiger partial charge in [0.1, 0.15) is 9.96 Å². The van der Waals surface area contributed by atoms with E-state index in [1.807, 2.05) is 20.9 Å². The third-order valence-corrected chi connectivity index (χ3v) is 11.0. The van der Waals surface area contributed by atoms with E-state index in [-0.39, 0.29) is 58.2 Å². The van der Waals surface area contributed by atoms with Crippen LogP contribution in [-0.4, -0.2) is 91.9 Å². The maximum atomic E-state index is 14.3. The zero-order valence-electron chi connectivity index (χ0n) is 27.3. The van der Waals surface area contributed by atoms with E-state index in [0.717, 1.165) is 36.2 Å². The molecule has 13 heteroatoms. The lowest BCUT2D eigenvalue weighted by Crippen LogP contribution is -2.47. The molecule has 3 N–H and O–H groups in total. The largest absolute Gasteiger partial charge is 0.490 e. The van der Waals surface area contributed by atoms with Crippen LogP contribution in [0.5, 0.6) is 5.75 Å².